The Balaban J connectivity index is 1.49. The number of hydrogen-bond acceptors (Lipinski definition) is 4. The van der Waals surface area contributed by atoms with Gasteiger partial charge in [-0.2, -0.15) is 5.10 Å². The van der Waals surface area contributed by atoms with Crippen molar-refractivity contribution >= 4 is 27.5 Å². The van der Waals surface area contributed by atoms with E-state index in [1.165, 1.54) is 17.7 Å². The molecule has 6 rings (SSSR count). The monoisotopic (exact) mass is 410 g/mol. The molecule has 31 heavy (non-hydrogen) atoms. The van der Waals surface area contributed by atoms with Crippen LogP contribution in [0, 0.1) is 5.82 Å². The van der Waals surface area contributed by atoms with E-state index in [1.54, 1.807) is 12.3 Å². The molecule has 0 saturated heterocycles. The summed E-state index contributed by atoms with van der Waals surface area (Å²) in [5, 5.41) is 12.9. The van der Waals surface area contributed by atoms with Gasteiger partial charge >= 0.3 is 0 Å². The SMILES string of the molecule is Fc1cccc(-c2ccnc3[nH]c(-c4n[nH]c5cnc(C6=CCNCC6)cc45)cc23)c1. The van der Waals surface area contributed by atoms with Crippen molar-refractivity contribution in [3.05, 3.63) is 72.4 Å². The Kier molecular flexibility index (Phi) is 4.14. The molecule has 5 aromatic rings. The molecule has 1 aliphatic rings. The summed E-state index contributed by atoms with van der Waals surface area (Å²) in [6.07, 6.45) is 6.72. The summed E-state index contributed by atoms with van der Waals surface area (Å²) in [5.41, 5.74) is 7.26. The van der Waals surface area contributed by atoms with Crippen molar-refractivity contribution in [3.63, 3.8) is 0 Å². The molecule has 4 aromatic heterocycles. The molecule has 1 aromatic carbocycles. The summed E-state index contributed by atoms with van der Waals surface area (Å²) in [5.74, 6) is -0.260. The van der Waals surface area contributed by atoms with E-state index in [4.69, 9.17) is 0 Å². The zero-order chi connectivity index (χ0) is 20.8. The number of rotatable bonds is 3. The number of fused-ring (bicyclic) bond motifs is 2. The standard InChI is InChI=1S/C24H19FN6/c25-16-3-1-2-15(10-16)17-6-9-27-24-18(17)11-21(29-24)23-19-12-20(14-4-7-26-8-5-14)28-13-22(19)30-31-23/h1-4,6,9-13,26H,5,7-8H2,(H,27,29)(H,30,31). The van der Waals surface area contributed by atoms with Gasteiger partial charge in [0.15, 0.2) is 0 Å². The fourth-order valence-electron chi connectivity index (χ4n) is 4.22. The average Bonchev–Trinajstić information content (AvgIpc) is 3.43. The molecule has 5 heterocycles. The van der Waals surface area contributed by atoms with Crippen LogP contribution in [0.15, 0.2) is 60.9 Å². The van der Waals surface area contributed by atoms with Crippen molar-refractivity contribution in [2.45, 2.75) is 6.42 Å². The van der Waals surface area contributed by atoms with Crippen molar-refractivity contribution in [1.82, 2.24) is 30.5 Å². The first-order valence-electron chi connectivity index (χ1n) is 10.2. The third-order valence-corrected chi connectivity index (χ3v) is 5.76. The Labute approximate surface area is 177 Å². The molecule has 3 N–H and O–H groups in total. The summed E-state index contributed by atoms with van der Waals surface area (Å²) in [6.45, 7) is 1.82. The summed E-state index contributed by atoms with van der Waals surface area (Å²) >= 11 is 0. The minimum atomic E-state index is -0.260. The van der Waals surface area contributed by atoms with Gasteiger partial charge in [-0.1, -0.05) is 18.2 Å². The van der Waals surface area contributed by atoms with E-state index in [1.807, 2.05) is 24.4 Å². The number of aromatic nitrogens is 5. The summed E-state index contributed by atoms with van der Waals surface area (Å²) in [7, 11) is 0. The van der Waals surface area contributed by atoms with E-state index in [-0.39, 0.29) is 5.82 Å². The normalized spacial score (nSPS) is 14.3. The van der Waals surface area contributed by atoms with Gasteiger partial charge in [-0.25, -0.2) is 9.37 Å². The Morgan fingerprint density at radius 2 is 1.97 bits per heavy atom. The first-order valence-corrected chi connectivity index (χ1v) is 10.2. The largest absolute Gasteiger partial charge is 0.338 e. The first kappa shape index (κ1) is 18.0. The molecule has 6 nitrogen and oxygen atoms in total. The van der Waals surface area contributed by atoms with Crippen LogP contribution in [0.25, 0.3) is 50.0 Å². The van der Waals surface area contributed by atoms with E-state index in [0.717, 1.165) is 69.7 Å². The van der Waals surface area contributed by atoms with Gasteiger partial charge in [0, 0.05) is 23.5 Å². The number of nitrogens with zero attached hydrogens (tertiary/aromatic N) is 3. The lowest BCUT2D eigenvalue weighted by Crippen LogP contribution is -2.20. The lowest BCUT2D eigenvalue weighted by atomic mass is 10.0. The summed E-state index contributed by atoms with van der Waals surface area (Å²) in [6, 6.07) is 12.6. The second-order valence-corrected chi connectivity index (χ2v) is 7.68. The number of benzene rings is 1. The van der Waals surface area contributed by atoms with Crippen molar-refractivity contribution in [2.24, 2.45) is 0 Å². The van der Waals surface area contributed by atoms with Gasteiger partial charge in [-0.3, -0.25) is 10.1 Å². The third kappa shape index (κ3) is 3.10. The van der Waals surface area contributed by atoms with Crippen molar-refractivity contribution in [2.75, 3.05) is 13.1 Å². The van der Waals surface area contributed by atoms with E-state index < -0.39 is 0 Å². The van der Waals surface area contributed by atoms with Crippen LogP contribution in [0.2, 0.25) is 0 Å². The van der Waals surface area contributed by atoms with Gasteiger partial charge < -0.3 is 10.3 Å². The summed E-state index contributed by atoms with van der Waals surface area (Å²) in [4.78, 5) is 12.5. The van der Waals surface area contributed by atoms with E-state index in [2.05, 4.69) is 42.6 Å². The highest BCUT2D eigenvalue weighted by Gasteiger charge is 2.16. The number of aromatic amines is 2. The van der Waals surface area contributed by atoms with E-state index in [9.17, 15) is 4.39 Å². The zero-order valence-corrected chi connectivity index (χ0v) is 16.6. The smallest absolute Gasteiger partial charge is 0.138 e. The highest BCUT2D eigenvalue weighted by Crippen LogP contribution is 2.34. The van der Waals surface area contributed by atoms with Crippen LogP contribution in [0.5, 0.6) is 0 Å². The molecule has 152 valence electrons. The van der Waals surface area contributed by atoms with Gasteiger partial charge in [0.25, 0.3) is 0 Å². The van der Waals surface area contributed by atoms with Gasteiger partial charge in [0.05, 0.1) is 23.1 Å². The number of H-pyrrole nitrogens is 2. The molecule has 0 radical (unpaired) electrons. The van der Waals surface area contributed by atoms with Crippen molar-refractivity contribution in [3.8, 4) is 22.5 Å². The predicted octanol–water partition coefficient (Wildman–Crippen LogP) is 4.68. The Bertz CT molecular complexity index is 1460. The van der Waals surface area contributed by atoms with E-state index in [0.29, 0.717) is 0 Å². The minimum absolute atomic E-state index is 0.260. The lowest BCUT2D eigenvalue weighted by molar-refractivity contribution is 0.628. The summed E-state index contributed by atoms with van der Waals surface area (Å²) < 4.78 is 13.8. The maximum Gasteiger partial charge on any atom is 0.138 e. The molecular weight excluding hydrogens is 391 g/mol. The molecule has 0 unspecified atom stereocenters. The van der Waals surface area contributed by atoms with Gasteiger partial charge in [-0.15, -0.1) is 0 Å². The molecule has 1 aliphatic heterocycles. The molecule has 0 fully saturated rings. The highest BCUT2D eigenvalue weighted by atomic mass is 19.1. The molecular formula is C24H19FN6. The second kappa shape index (κ2) is 7.14. The quantitative estimate of drug-likeness (QED) is 0.403. The van der Waals surface area contributed by atoms with Crippen LogP contribution in [0.1, 0.15) is 12.1 Å². The number of pyridine rings is 2. The molecule has 0 bridgehead atoms. The average molecular weight is 410 g/mol. The van der Waals surface area contributed by atoms with Gasteiger partial charge in [-0.05, 0) is 60.0 Å². The van der Waals surface area contributed by atoms with Crippen LogP contribution in [-0.4, -0.2) is 38.2 Å². The topological polar surface area (TPSA) is 82.3 Å². The Morgan fingerprint density at radius 3 is 2.84 bits per heavy atom. The highest BCUT2D eigenvalue weighted by molar-refractivity contribution is 6.00. The van der Waals surface area contributed by atoms with Crippen molar-refractivity contribution < 1.29 is 4.39 Å². The van der Waals surface area contributed by atoms with Gasteiger partial charge in [0.2, 0.25) is 0 Å². The van der Waals surface area contributed by atoms with Crippen LogP contribution < -0.4 is 5.32 Å². The molecule has 0 saturated carbocycles. The maximum atomic E-state index is 13.8. The number of hydrogen-bond donors (Lipinski definition) is 3. The minimum Gasteiger partial charge on any atom is -0.338 e. The van der Waals surface area contributed by atoms with Crippen LogP contribution in [0.4, 0.5) is 4.39 Å². The zero-order valence-electron chi connectivity index (χ0n) is 16.6. The maximum absolute atomic E-state index is 13.8. The number of halogens is 1. The van der Waals surface area contributed by atoms with Crippen LogP contribution in [-0.2, 0) is 0 Å². The predicted molar refractivity (Wildman–Crippen MR) is 120 cm³/mol. The molecule has 0 spiro atoms. The van der Waals surface area contributed by atoms with Crippen molar-refractivity contribution in [1.29, 1.82) is 0 Å². The molecule has 0 amide bonds. The first-order chi connectivity index (χ1) is 15.3. The van der Waals surface area contributed by atoms with Crippen LogP contribution in [0.3, 0.4) is 0 Å². The van der Waals surface area contributed by atoms with Gasteiger partial charge in [0.1, 0.15) is 17.2 Å². The fourth-order valence-corrected chi connectivity index (χ4v) is 4.22. The van der Waals surface area contributed by atoms with E-state index >= 15 is 0 Å². The molecule has 0 aliphatic carbocycles. The van der Waals surface area contributed by atoms with Crippen LogP contribution >= 0.6 is 0 Å². The third-order valence-electron chi connectivity index (χ3n) is 5.76. The fraction of sp³-hybridized carbons (Fsp3) is 0.125. The molecule has 0 atom stereocenters. The second-order valence-electron chi connectivity index (χ2n) is 7.68. The Hall–Kier alpha value is -3.84. The lowest BCUT2D eigenvalue weighted by Gasteiger charge is -2.13. The molecule has 7 heteroatoms. The Morgan fingerprint density at radius 1 is 1.00 bits per heavy atom. The number of nitrogens with one attached hydrogen (secondary N) is 3.